The van der Waals surface area contributed by atoms with E-state index in [9.17, 15) is 0 Å². The van der Waals surface area contributed by atoms with E-state index in [1.165, 1.54) is 49.7 Å². The van der Waals surface area contributed by atoms with Crippen molar-refractivity contribution in [3.63, 3.8) is 0 Å². The van der Waals surface area contributed by atoms with Crippen LogP contribution in [0.25, 0.3) is 0 Å². The fourth-order valence-corrected chi connectivity index (χ4v) is 3.71. The highest BCUT2D eigenvalue weighted by molar-refractivity contribution is 5.23. The molecule has 20 heavy (non-hydrogen) atoms. The van der Waals surface area contributed by atoms with Crippen molar-refractivity contribution in [2.24, 2.45) is 0 Å². The van der Waals surface area contributed by atoms with Gasteiger partial charge in [-0.1, -0.05) is 42.7 Å². The van der Waals surface area contributed by atoms with Gasteiger partial charge < -0.3 is 10.1 Å². The molecule has 2 heteroatoms. The molecule has 2 aliphatic rings. The van der Waals surface area contributed by atoms with Gasteiger partial charge in [0.2, 0.25) is 0 Å². The van der Waals surface area contributed by atoms with E-state index >= 15 is 0 Å². The number of nitrogens with one attached hydrogen (secondary N) is 1. The lowest BCUT2D eigenvalue weighted by atomic mass is 9.98. The zero-order valence-electron chi connectivity index (χ0n) is 12.8. The molecule has 1 saturated carbocycles. The van der Waals surface area contributed by atoms with Crippen LogP contribution >= 0.6 is 0 Å². The molecular formula is C18H27NO. The second kappa shape index (κ2) is 5.87. The highest BCUT2D eigenvalue weighted by Crippen LogP contribution is 2.43. The molecule has 1 N–H and O–H groups in total. The van der Waals surface area contributed by atoms with Gasteiger partial charge in [-0.3, -0.25) is 0 Å². The van der Waals surface area contributed by atoms with Crippen molar-refractivity contribution >= 4 is 0 Å². The fourth-order valence-electron chi connectivity index (χ4n) is 3.71. The molecule has 0 radical (unpaired) electrons. The number of hydrogen-bond donors (Lipinski definition) is 1. The Morgan fingerprint density at radius 2 is 1.90 bits per heavy atom. The van der Waals surface area contributed by atoms with Crippen molar-refractivity contribution in [3.05, 3.63) is 35.4 Å². The summed E-state index contributed by atoms with van der Waals surface area (Å²) in [5.74, 6) is 0. The third-order valence-corrected chi connectivity index (χ3v) is 5.08. The van der Waals surface area contributed by atoms with Gasteiger partial charge in [-0.2, -0.15) is 0 Å². The quantitative estimate of drug-likeness (QED) is 0.890. The van der Waals surface area contributed by atoms with Crippen molar-refractivity contribution in [3.8, 4) is 0 Å². The summed E-state index contributed by atoms with van der Waals surface area (Å²) in [6.07, 6.45) is 8.22. The first-order valence-electron chi connectivity index (χ1n) is 8.15. The summed E-state index contributed by atoms with van der Waals surface area (Å²) in [5, 5.41) is 3.64. The first kappa shape index (κ1) is 14.1. The third kappa shape index (κ3) is 3.07. The summed E-state index contributed by atoms with van der Waals surface area (Å²) in [7, 11) is 0. The van der Waals surface area contributed by atoms with Crippen molar-refractivity contribution in [2.45, 2.75) is 70.1 Å². The van der Waals surface area contributed by atoms with Gasteiger partial charge >= 0.3 is 0 Å². The van der Waals surface area contributed by atoms with Crippen LogP contribution < -0.4 is 5.32 Å². The van der Waals surface area contributed by atoms with Crippen LogP contribution in [0.1, 0.15) is 62.6 Å². The molecule has 1 saturated heterocycles. The van der Waals surface area contributed by atoms with Crippen LogP contribution in [0.4, 0.5) is 0 Å². The Labute approximate surface area is 122 Å². The lowest BCUT2D eigenvalue weighted by molar-refractivity contribution is -0.0357. The summed E-state index contributed by atoms with van der Waals surface area (Å²) < 4.78 is 6.35. The minimum Gasteiger partial charge on any atom is -0.370 e. The molecule has 110 valence electrons. The van der Waals surface area contributed by atoms with Gasteiger partial charge in [0.15, 0.2) is 0 Å². The molecule has 1 aromatic carbocycles. The zero-order valence-corrected chi connectivity index (χ0v) is 12.8. The molecule has 0 bridgehead atoms. The first-order chi connectivity index (χ1) is 9.67. The lowest BCUT2D eigenvalue weighted by Crippen LogP contribution is -2.32. The van der Waals surface area contributed by atoms with E-state index in [-0.39, 0.29) is 5.60 Å². The highest BCUT2D eigenvalue weighted by atomic mass is 16.5. The average molecular weight is 273 g/mol. The predicted molar refractivity (Wildman–Crippen MR) is 82.9 cm³/mol. The summed E-state index contributed by atoms with van der Waals surface area (Å²) in [6.45, 7) is 5.36. The molecule has 1 heterocycles. The molecule has 0 aromatic heterocycles. The van der Waals surface area contributed by atoms with Gasteiger partial charge in [-0.15, -0.1) is 0 Å². The van der Waals surface area contributed by atoms with Crippen LogP contribution in [0.5, 0.6) is 0 Å². The van der Waals surface area contributed by atoms with Gasteiger partial charge in [0.1, 0.15) is 0 Å². The first-order valence-corrected chi connectivity index (χ1v) is 8.15. The van der Waals surface area contributed by atoms with E-state index in [2.05, 4.69) is 43.4 Å². The SMILES string of the molecule is Cc1ccc([C@@H](C)NCC2CCC3(CCCC3)O2)cc1. The Bertz CT molecular complexity index is 433. The normalized spacial score (nSPS) is 26.2. The zero-order chi connectivity index (χ0) is 14.0. The van der Waals surface area contributed by atoms with Crippen LogP contribution in [0.2, 0.25) is 0 Å². The number of benzene rings is 1. The number of ether oxygens (including phenoxy) is 1. The highest BCUT2D eigenvalue weighted by Gasteiger charge is 2.41. The van der Waals surface area contributed by atoms with Crippen LogP contribution in [0.15, 0.2) is 24.3 Å². The molecule has 1 aliphatic carbocycles. The van der Waals surface area contributed by atoms with Crippen LogP contribution in [0, 0.1) is 6.92 Å². The molecule has 1 unspecified atom stereocenters. The maximum Gasteiger partial charge on any atom is 0.0708 e. The van der Waals surface area contributed by atoms with E-state index < -0.39 is 0 Å². The summed E-state index contributed by atoms with van der Waals surface area (Å²) in [5.41, 5.74) is 2.95. The Kier molecular flexibility index (Phi) is 4.13. The maximum atomic E-state index is 6.35. The van der Waals surface area contributed by atoms with Crippen molar-refractivity contribution in [1.82, 2.24) is 5.32 Å². The Morgan fingerprint density at radius 3 is 2.60 bits per heavy atom. The van der Waals surface area contributed by atoms with Crippen LogP contribution in [-0.4, -0.2) is 18.2 Å². The fraction of sp³-hybridized carbons (Fsp3) is 0.667. The molecule has 1 spiro atoms. The summed E-state index contributed by atoms with van der Waals surface area (Å²) >= 11 is 0. The molecule has 3 rings (SSSR count). The van der Waals surface area contributed by atoms with Crippen LogP contribution in [0.3, 0.4) is 0 Å². The van der Waals surface area contributed by atoms with E-state index in [0.717, 1.165) is 6.54 Å². The number of rotatable bonds is 4. The van der Waals surface area contributed by atoms with E-state index in [0.29, 0.717) is 12.1 Å². The van der Waals surface area contributed by atoms with E-state index in [4.69, 9.17) is 4.74 Å². The second-order valence-electron chi connectivity index (χ2n) is 6.71. The maximum absolute atomic E-state index is 6.35. The number of hydrogen-bond acceptors (Lipinski definition) is 2. The second-order valence-corrected chi connectivity index (χ2v) is 6.71. The topological polar surface area (TPSA) is 21.3 Å². The van der Waals surface area contributed by atoms with Crippen molar-refractivity contribution < 1.29 is 4.74 Å². The molecular weight excluding hydrogens is 246 g/mol. The van der Waals surface area contributed by atoms with Gasteiger partial charge in [0.05, 0.1) is 11.7 Å². The largest absolute Gasteiger partial charge is 0.370 e. The third-order valence-electron chi connectivity index (χ3n) is 5.08. The Hall–Kier alpha value is -0.860. The van der Waals surface area contributed by atoms with Gasteiger partial charge in [-0.25, -0.2) is 0 Å². The molecule has 2 atom stereocenters. The standard InChI is InChI=1S/C18H27NO/c1-14-5-7-16(8-6-14)15(2)19-13-17-9-12-18(20-17)10-3-4-11-18/h5-8,15,17,19H,3-4,9-13H2,1-2H3/t15-,17?/m1/s1. The smallest absolute Gasteiger partial charge is 0.0708 e. The predicted octanol–water partition coefficient (Wildman–Crippen LogP) is 4.14. The molecule has 1 aromatic rings. The molecule has 2 nitrogen and oxygen atoms in total. The Balaban J connectivity index is 1.49. The van der Waals surface area contributed by atoms with Crippen molar-refractivity contribution in [1.29, 1.82) is 0 Å². The average Bonchev–Trinajstić information content (AvgIpc) is 3.08. The number of aryl methyl sites for hydroxylation is 1. The lowest BCUT2D eigenvalue weighted by Gasteiger charge is -2.24. The molecule has 1 aliphatic heterocycles. The molecule has 2 fully saturated rings. The van der Waals surface area contributed by atoms with Crippen LogP contribution in [-0.2, 0) is 4.74 Å². The summed E-state index contributed by atoms with van der Waals surface area (Å²) in [6, 6.07) is 9.22. The minimum absolute atomic E-state index is 0.263. The van der Waals surface area contributed by atoms with E-state index in [1.807, 2.05) is 0 Å². The summed E-state index contributed by atoms with van der Waals surface area (Å²) in [4.78, 5) is 0. The van der Waals surface area contributed by atoms with Crippen molar-refractivity contribution in [2.75, 3.05) is 6.54 Å². The van der Waals surface area contributed by atoms with Gasteiger partial charge in [0, 0.05) is 12.6 Å². The van der Waals surface area contributed by atoms with Gasteiger partial charge in [-0.05, 0) is 45.1 Å². The minimum atomic E-state index is 0.263. The van der Waals surface area contributed by atoms with Gasteiger partial charge in [0.25, 0.3) is 0 Å². The monoisotopic (exact) mass is 273 g/mol. The Morgan fingerprint density at radius 1 is 1.20 bits per heavy atom. The van der Waals surface area contributed by atoms with E-state index in [1.54, 1.807) is 0 Å². The molecule has 0 amide bonds.